The molecule has 0 amide bonds. The average molecular weight is 516 g/mol. The van der Waals surface area contributed by atoms with Crippen molar-refractivity contribution in [2.45, 2.75) is 63.8 Å². The van der Waals surface area contributed by atoms with Crippen LogP contribution >= 0.6 is 11.6 Å². The molecule has 0 spiro atoms. The van der Waals surface area contributed by atoms with Crippen molar-refractivity contribution in [3.8, 4) is 11.6 Å². The second-order valence-corrected chi connectivity index (χ2v) is 9.64. The molecule has 1 aliphatic heterocycles. The monoisotopic (exact) mass is 515 g/mol. The van der Waals surface area contributed by atoms with Gasteiger partial charge in [0.05, 0.1) is 18.6 Å². The minimum absolute atomic E-state index is 0.0252. The van der Waals surface area contributed by atoms with E-state index in [4.69, 9.17) is 21.1 Å². The Bertz CT molecular complexity index is 1010. The molecule has 0 aliphatic carbocycles. The molecule has 3 rings (SSSR count). The van der Waals surface area contributed by atoms with Crippen LogP contribution in [0.4, 0.5) is 19.0 Å². The quantitative estimate of drug-likeness (QED) is 0.479. The normalized spacial score (nSPS) is 17.4. The molecule has 0 radical (unpaired) electrons. The maximum absolute atomic E-state index is 12.4. The first-order valence-corrected chi connectivity index (χ1v) is 11.7. The number of carbonyl (C=O) groups is 1. The average Bonchev–Trinajstić information content (AvgIpc) is 3.24. The van der Waals surface area contributed by atoms with Crippen molar-refractivity contribution in [3.05, 3.63) is 41.2 Å². The van der Waals surface area contributed by atoms with Crippen molar-refractivity contribution in [1.82, 2.24) is 9.97 Å². The number of rotatable bonds is 10. The molecule has 11 heteroatoms. The summed E-state index contributed by atoms with van der Waals surface area (Å²) < 4.78 is 48.7. The number of hydrogen-bond donors (Lipinski definition) is 1. The van der Waals surface area contributed by atoms with Gasteiger partial charge >= 0.3 is 6.18 Å². The van der Waals surface area contributed by atoms with Crippen LogP contribution in [0.15, 0.2) is 30.6 Å². The molecule has 1 aliphatic rings. The van der Waals surface area contributed by atoms with Gasteiger partial charge < -0.3 is 19.5 Å². The Morgan fingerprint density at radius 3 is 2.57 bits per heavy atom. The fourth-order valence-electron chi connectivity index (χ4n) is 3.62. The molecule has 7 nitrogen and oxygen atoms in total. The van der Waals surface area contributed by atoms with E-state index in [2.05, 4.69) is 9.97 Å². The van der Waals surface area contributed by atoms with Crippen LogP contribution < -0.4 is 14.4 Å². The number of aromatic nitrogens is 2. The summed E-state index contributed by atoms with van der Waals surface area (Å²) in [5, 5.41) is 10.1. The molecule has 1 N–H and O–H groups in total. The minimum atomic E-state index is -4.34. The van der Waals surface area contributed by atoms with E-state index in [1.807, 2.05) is 4.90 Å². The van der Waals surface area contributed by atoms with Gasteiger partial charge in [0.2, 0.25) is 5.88 Å². The van der Waals surface area contributed by atoms with E-state index in [-0.39, 0.29) is 23.6 Å². The van der Waals surface area contributed by atoms with E-state index < -0.39 is 36.3 Å². The summed E-state index contributed by atoms with van der Waals surface area (Å²) >= 11 is 6.44. The Kier molecular flexibility index (Phi) is 8.48. The molecular formula is C24H29ClF3N3O4. The number of nitrogens with zero attached hydrogens (tertiary/aromatic N) is 3. The Hall–Kier alpha value is -2.59. The summed E-state index contributed by atoms with van der Waals surface area (Å²) in [6.07, 6.45) is -4.06. The van der Waals surface area contributed by atoms with Crippen molar-refractivity contribution in [3.63, 3.8) is 0 Å². The van der Waals surface area contributed by atoms with Crippen LogP contribution in [0.5, 0.6) is 11.6 Å². The summed E-state index contributed by atoms with van der Waals surface area (Å²) in [4.78, 5) is 22.4. The molecule has 0 saturated carbocycles. The van der Waals surface area contributed by atoms with Crippen LogP contribution in [0.2, 0.25) is 5.02 Å². The number of hydrogen-bond acceptors (Lipinski definition) is 7. The molecule has 2 heterocycles. The lowest BCUT2D eigenvalue weighted by Gasteiger charge is -2.21. The molecule has 0 bridgehead atoms. The predicted octanol–water partition coefficient (Wildman–Crippen LogP) is 4.95. The lowest BCUT2D eigenvalue weighted by Crippen LogP contribution is -2.29. The maximum atomic E-state index is 12.4. The Labute approximate surface area is 207 Å². The van der Waals surface area contributed by atoms with Crippen LogP contribution in [0, 0.1) is 0 Å². The highest BCUT2D eigenvalue weighted by molar-refractivity contribution is 6.34. The number of ketones is 1. The van der Waals surface area contributed by atoms with E-state index >= 15 is 0 Å². The molecule has 1 fully saturated rings. The number of halogens is 4. The van der Waals surface area contributed by atoms with Crippen LogP contribution in [0.25, 0.3) is 0 Å². The van der Waals surface area contributed by atoms with Crippen molar-refractivity contribution < 1.29 is 32.5 Å². The predicted molar refractivity (Wildman–Crippen MR) is 125 cm³/mol. The largest absolute Gasteiger partial charge is 0.489 e. The second-order valence-electron chi connectivity index (χ2n) is 9.26. The molecule has 1 aromatic carbocycles. The number of aliphatic hydroxyl groups is 1. The van der Waals surface area contributed by atoms with E-state index in [0.717, 1.165) is 0 Å². The number of Topliss-reactive ketones (excluding diaryl/α,β-unsaturated/α-hetero) is 1. The van der Waals surface area contributed by atoms with Gasteiger partial charge in [-0.15, -0.1) is 0 Å². The van der Waals surface area contributed by atoms with Gasteiger partial charge in [0, 0.05) is 25.3 Å². The summed E-state index contributed by atoms with van der Waals surface area (Å²) in [7, 11) is 0. The van der Waals surface area contributed by atoms with E-state index in [1.54, 1.807) is 45.0 Å². The fourth-order valence-corrected chi connectivity index (χ4v) is 3.89. The fraction of sp³-hybridized carbons (Fsp3) is 0.542. The topological polar surface area (TPSA) is 84.8 Å². The third-order valence-electron chi connectivity index (χ3n) is 5.57. The molecule has 1 saturated heterocycles. The highest BCUT2D eigenvalue weighted by Crippen LogP contribution is 2.34. The zero-order valence-corrected chi connectivity index (χ0v) is 20.6. The lowest BCUT2D eigenvalue weighted by atomic mass is 9.94. The van der Waals surface area contributed by atoms with Gasteiger partial charge in [-0.2, -0.15) is 13.2 Å². The van der Waals surface area contributed by atoms with Gasteiger partial charge in [-0.1, -0.05) is 30.7 Å². The minimum Gasteiger partial charge on any atom is -0.489 e. The lowest BCUT2D eigenvalue weighted by molar-refractivity contribution is -0.143. The molecule has 2 atom stereocenters. The summed E-state index contributed by atoms with van der Waals surface area (Å²) in [6.45, 7) is 6.03. The van der Waals surface area contributed by atoms with Crippen molar-refractivity contribution >= 4 is 23.2 Å². The number of benzene rings is 1. The molecule has 2 aromatic rings. The van der Waals surface area contributed by atoms with Gasteiger partial charge in [-0.25, -0.2) is 9.97 Å². The Morgan fingerprint density at radius 1 is 1.26 bits per heavy atom. The zero-order valence-electron chi connectivity index (χ0n) is 19.8. The van der Waals surface area contributed by atoms with Gasteiger partial charge in [-0.3, -0.25) is 4.79 Å². The first kappa shape index (κ1) is 27.0. The van der Waals surface area contributed by atoms with Crippen molar-refractivity contribution in [2.75, 3.05) is 24.6 Å². The molecule has 192 valence electrons. The van der Waals surface area contributed by atoms with Crippen LogP contribution in [-0.4, -0.2) is 58.4 Å². The second kappa shape index (κ2) is 11.0. The highest BCUT2D eigenvalue weighted by Gasteiger charge is 2.30. The molecule has 35 heavy (non-hydrogen) atoms. The Balaban J connectivity index is 1.56. The number of anilines is 1. The summed E-state index contributed by atoms with van der Waals surface area (Å²) in [5.41, 5.74) is -0.394. The first-order valence-electron chi connectivity index (χ1n) is 11.3. The third-order valence-corrected chi connectivity index (χ3v) is 5.90. The maximum Gasteiger partial charge on any atom is 0.389 e. The number of alkyl halides is 3. The van der Waals surface area contributed by atoms with Crippen molar-refractivity contribution in [1.29, 1.82) is 0 Å². The zero-order chi connectivity index (χ0) is 25.8. The molecule has 2 unspecified atom stereocenters. The number of carbonyl (C=O) groups excluding carboxylic acids is 1. The standard InChI is InChI=1S/C24H29ClF3N3O4/c1-15(19(32)8-10-24(26,27)28)16-4-6-17(7-5-16)35-18-9-11-31(12-18)21-20(25)22(30-14-29-21)34-13-23(2,3)33/h4-7,14-15,18,33H,8-13H2,1-3H3. The van der Waals surface area contributed by atoms with Gasteiger partial charge in [0.15, 0.2) is 5.82 Å². The van der Waals surface area contributed by atoms with E-state index in [9.17, 15) is 23.1 Å². The van der Waals surface area contributed by atoms with Crippen LogP contribution in [0.1, 0.15) is 51.5 Å². The highest BCUT2D eigenvalue weighted by atomic mass is 35.5. The van der Waals surface area contributed by atoms with Crippen LogP contribution in [0.3, 0.4) is 0 Å². The van der Waals surface area contributed by atoms with Gasteiger partial charge in [0.1, 0.15) is 35.6 Å². The smallest absolute Gasteiger partial charge is 0.389 e. The third kappa shape index (κ3) is 7.96. The SMILES string of the molecule is CC(C(=O)CCC(F)(F)F)c1ccc(OC2CCN(c3ncnc(OCC(C)(C)O)c3Cl)C2)cc1. The van der Waals surface area contributed by atoms with Crippen LogP contribution in [-0.2, 0) is 4.79 Å². The Morgan fingerprint density at radius 2 is 1.94 bits per heavy atom. The molecule has 1 aromatic heterocycles. The summed E-state index contributed by atoms with van der Waals surface area (Å²) in [5.74, 6) is 0.229. The van der Waals surface area contributed by atoms with E-state index in [0.29, 0.717) is 36.6 Å². The van der Waals surface area contributed by atoms with Crippen molar-refractivity contribution in [2.24, 2.45) is 0 Å². The van der Waals surface area contributed by atoms with Gasteiger partial charge in [-0.05, 0) is 31.5 Å². The molecular weight excluding hydrogens is 487 g/mol. The summed E-state index contributed by atoms with van der Waals surface area (Å²) in [6, 6.07) is 6.83. The van der Waals surface area contributed by atoms with E-state index in [1.165, 1.54) is 6.33 Å². The number of ether oxygens (including phenoxy) is 2. The van der Waals surface area contributed by atoms with Gasteiger partial charge in [0.25, 0.3) is 0 Å². The first-order chi connectivity index (χ1) is 16.3.